The number of benzene rings is 3. The molecular formula is C25H26O4S. The Balaban J connectivity index is 1.50. The summed E-state index contributed by atoms with van der Waals surface area (Å²) in [6, 6.07) is 29.9. The largest absolute Gasteiger partial charge is 0.485 e. The molecule has 0 spiro atoms. The Kier molecular flexibility index (Phi) is 7.43. The molecule has 0 amide bonds. The van der Waals surface area contributed by atoms with Gasteiger partial charge in [-0.25, -0.2) is 0 Å². The molecule has 4 nitrogen and oxygen atoms in total. The average Bonchev–Trinajstić information content (AvgIpc) is 2.80. The van der Waals surface area contributed by atoms with Gasteiger partial charge in [0.25, 0.3) is 0 Å². The summed E-state index contributed by atoms with van der Waals surface area (Å²) in [6.07, 6.45) is -1.02. The highest BCUT2D eigenvalue weighted by atomic mass is 32.1. The molecule has 4 rings (SSSR count). The summed E-state index contributed by atoms with van der Waals surface area (Å²) in [7, 11) is 0. The molecule has 156 valence electrons. The first kappa shape index (κ1) is 20.9. The Morgan fingerprint density at radius 2 is 1.23 bits per heavy atom. The Bertz CT molecular complexity index is 875. The van der Waals surface area contributed by atoms with Crippen molar-refractivity contribution in [2.75, 3.05) is 6.61 Å². The molecule has 3 aromatic rings. The van der Waals surface area contributed by atoms with Crippen LogP contribution in [0.25, 0.3) is 0 Å². The fourth-order valence-corrected chi connectivity index (χ4v) is 3.76. The third kappa shape index (κ3) is 5.64. The number of thiol groups is 1. The fraction of sp³-hybridized carbons (Fsp3) is 0.280. The zero-order valence-corrected chi connectivity index (χ0v) is 17.6. The van der Waals surface area contributed by atoms with Crippen LogP contribution in [-0.2, 0) is 27.4 Å². The predicted molar refractivity (Wildman–Crippen MR) is 120 cm³/mol. The van der Waals surface area contributed by atoms with Gasteiger partial charge in [-0.3, -0.25) is 0 Å². The number of ether oxygens (including phenoxy) is 4. The topological polar surface area (TPSA) is 36.9 Å². The molecule has 0 aliphatic carbocycles. The lowest BCUT2D eigenvalue weighted by atomic mass is 10.1. The van der Waals surface area contributed by atoms with E-state index >= 15 is 0 Å². The van der Waals surface area contributed by atoms with Crippen LogP contribution in [0.2, 0.25) is 0 Å². The van der Waals surface area contributed by atoms with Crippen molar-refractivity contribution >= 4 is 12.6 Å². The van der Waals surface area contributed by atoms with Gasteiger partial charge in [-0.15, -0.1) is 12.6 Å². The molecule has 4 atom stereocenters. The standard InChI is InChI=1S/C25H26O4S/c30-25-24(27-17-20-12-6-2-7-13-20)23(29-21-14-8-3-9-15-21)22(18-28-25)26-16-19-10-4-1-5-11-19/h1-15,22-25,30H,16-18H2/t22-,23+,24-,25+/m1/s1. The van der Waals surface area contributed by atoms with Crippen LogP contribution < -0.4 is 4.74 Å². The van der Waals surface area contributed by atoms with Gasteiger partial charge in [-0.2, -0.15) is 0 Å². The number of hydrogen-bond donors (Lipinski definition) is 1. The molecule has 5 heteroatoms. The molecule has 1 heterocycles. The summed E-state index contributed by atoms with van der Waals surface area (Å²) in [5.41, 5.74) is 1.79. The first-order valence-electron chi connectivity index (χ1n) is 10.1. The van der Waals surface area contributed by atoms with Gasteiger partial charge in [0.15, 0.2) is 6.10 Å². The maximum absolute atomic E-state index is 6.35. The molecule has 0 N–H and O–H groups in total. The molecule has 0 bridgehead atoms. The molecule has 3 aromatic carbocycles. The van der Waals surface area contributed by atoms with E-state index in [1.165, 1.54) is 0 Å². The molecule has 0 radical (unpaired) electrons. The van der Waals surface area contributed by atoms with Crippen LogP contribution in [-0.4, -0.2) is 30.4 Å². The van der Waals surface area contributed by atoms with Gasteiger partial charge >= 0.3 is 0 Å². The van der Waals surface area contributed by atoms with Gasteiger partial charge in [0.05, 0.1) is 19.8 Å². The van der Waals surface area contributed by atoms with Crippen LogP contribution >= 0.6 is 12.6 Å². The van der Waals surface area contributed by atoms with Gasteiger partial charge in [-0.05, 0) is 23.3 Å². The molecular weight excluding hydrogens is 396 g/mol. The first-order valence-corrected chi connectivity index (χ1v) is 10.6. The quantitative estimate of drug-likeness (QED) is 0.525. The maximum atomic E-state index is 6.35. The molecule has 0 unspecified atom stereocenters. The summed E-state index contributed by atoms with van der Waals surface area (Å²) in [6.45, 7) is 1.32. The molecule has 0 aromatic heterocycles. The van der Waals surface area contributed by atoms with Crippen molar-refractivity contribution in [2.24, 2.45) is 0 Å². The number of para-hydroxylation sites is 1. The van der Waals surface area contributed by atoms with E-state index in [0.717, 1.165) is 16.9 Å². The Labute approximate surface area is 183 Å². The summed E-state index contributed by atoms with van der Waals surface area (Å²) < 4.78 is 24.7. The Morgan fingerprint density at radius 1 is 0.700 bits per heavy atom. The lowest BCUT2D eigenvalue weighted by molar-refractivity contribution is -0.192. The highest BCUT2D eigenvalue weighted by Gasteiger charge is 2.42. The zero-order chi connectivity index (χ0) is 20.6. The normalized spacial score (nSPS) is 23.8. The van der Waals surface area contributed by atoms with Gasteiger partial charge in [0.2, 0.25) is 0 Å². The van der Waals surface area contributed by atoms with Crippen LogP contribution in [0.3, 0.4) is 0 Å². The van der Waals surface area contributed by atoms with Crippen LogP contribution in [0.1, 0.15) is 11.1 Å². The third-order valence-electron chi connectivity index (χ3n) is 5.01. The first-order chi connectivity index (χ1) is 14.8. The van der Waals surface area contributed by atoms with Crippen molar-refractivity contribution in [3.63, 3.8) is 0 Å². The maximum Gasteiger partial charge on any atom is 0.156 e. The van der Waals surface area contributed by atoms with Gasteiger partial charge in [0, 0.05) is 0 Å². The predicted octanol–water partition coefficient (Wildman–Crippen LogP) is 4.89. The minimum Gasteiger partial charge on any atom is -0.485 e. The molecule has 0 saturated carbocycles. The van der Waals surface area contributed by atoms with E-state index in [-0.39, 0.29) is 18.3 Å². The van der Waals surface area contributed by atoms with E-state index < -0.39 is 5.44 Å². The fourth-order valence-electron chi connectivity index (χ4n) is 3.42. The Hall–Kier alpha value is -2.31. The lowest BCUT2D eigenvalue weighted by Gasteiger charge is -2.40. The van der Waals surface area contributed by atoms with Crippen molar-refractivity contribution in [2.45, 2.75) is 37.0 Å². The summed E-state index contributed by atoms with van der Waals surface area (Å²) in [5.74, 6) is 0.770. The molecule has 1 fully saturated rings. The minimum absolute atomic E-state index is 0.283. The second kappa shape index (κ2) is 10.6. The zero-order valence-electron chi connectivity index (χ0n) is 16.7. The van der Waals surface area contributed by atoms with Gasteiger partial charge < -0.3 is 18.9 Å². The van der Waals surface area contributed by atoms with E-state index in [1.807, 2.05) is 91.0 Å². The minimum atomic E-state index is -0.404. The van der Waals surface area contributed by atoms with Crippen LogP contribution in [0.4, 0.5) is 0 Å². The number of hydrogen-bond acceptors (Lipinski definition) is 5. The molecule has 30 heavy (non-hydrogen) atoms. The molecule has 1 aliphatic rings. The van der Waals surface area contributed by atoms with E-state index in [1.54, 1.807) is 0 Å². The lowest BCUT2D eigenvalue weighted by Crippen LogP contribution is -2.56. The Morgan fingerprint density at radius 3 is 1.83 bits per heavy atom. The average molecular weight is 423 g/mol. The van der Waals surface area contributed by atoms with E-state index in [2.05, 4.69) is 12.6 Å². The van der Waals surface area contributed by atoms with Crippen LogP contribution in [0, 0.1) is 0 Å². The second-order valence-corrected chi connectivity index (χ2v) is 7.72. The van der Waals surface area contributed by atoms with Gasteiger partial charge in [0.1, 0.15) is 23.4 Å². The van der Waals surface area contributed by atoms with Crippen LogP contribution in [0.15, 0.2) is 91.0 Å². The molecule has 1 aliphatic heterocycles. The third-order valence-corrected chi connectivity index (χ3v) is 5.45. The highest BCUT2D eigenvalue weighted by molar-refractivity contribution is 7.80. The van der Waals surface area contributed by atoms with Crippen molar-refractivity contribution in [3.05, 3.63) is 102 Å². The monoisotopic (exact) mass is 422 g/mol. The van der Waals surface area contributed by atoms with Crippen molar-refractivity contribution in [1.82, 2.24) is 0 Å². The van der Waals surface area contributed by atoms with Crippen LogP contribution in [0.5, 0.6) is 5.75 Å². The summed E-state index contributed by atoms with van der Waals surface area (Å²) >= 11 is 4.62. The highest BCUT2D eigenvalue weighted by Crippen LogP contribution is 2.28. The summed E-state index contributed by atoms with van der Waals surface area (Å²) in [4.78, 5) is 0. The van der Waals surface area contributed by atoms with Gasteiger partial charge in [-0.1, -0.05) is 78.9 Å². The molecule has 1 saturated heterocycles. The van der Waals surface area contributed by atoms with Crippen molar-refractivity contribution < 1.29 is 18.9 Å². The summed E-state index contributed by atoms with van der Waals surface area (Å²) in [5, 5.41) is 0. The van der Waals surface area contributed by atoms with E-state index in [0.29, 0.717) is 19.8 Å². The van der Waals surface area contributed by atoms with E-state index in [9.17, 15) is 0 Å². The SMILES string of the molecule is S[C@@H]1OC[C@@H](OCc2ccccc2)[C@H](Oc2ccccc2)[C@H]1OCc1ccccc1. The van der Waals surface area contributed by atoms with Crippen molar-refractivity contribution in [1.29, 1.82) is 0 Å². The van der Waals surface area contributed by atoms with Crippen molar-refractivity contribution in [3.8, 4) is 5.75 Å². The number of rotatable bonds is 8. The smallest absolute Gasteiger partial charge is 0.156 e. The van der Waals surface area contributed by atoms with E-state index in [4.69, 9.17) is 18.9 Å². The second-order valence-electron chi connectivity index (χ2n) is 7.22.